The molecule has 0 aromatic heterocycles. The third kappa shape index (κ3) is 2.24. The third-order valence-electron chi connectivity index (χ3n) is 4.27. The highest BCUT2D eigenvalue weighted by Crippen LogP contribution is 2.35. The van der Waals surface area contributed by atoms with Gasteiger partial charge in [-0.3, -0.25) is 4.72 Å². The first kappa shape index (κ1) is 14.1. The first-order valence-electron chi connectivity index (χ1n) is 7.40. The van der Waals surface area contributed by atoms with E-state index in [9.17, 15) is 13.5 Å². The van der Waals surface area contributed by atoms with Crippen molar-refractivity contribution < 1.29 is 13.5 Å². The largest absolute Gasteiger partial charge is 0.506 e. The van der Waals surface area contributed by atoms with E-state index in [2.05, 4.69) is 4.72 Å². The number of aryl methyl sites for hydroxylation is 2. The molecule has 0 bridgehead atoms. The van der Waals surface area contributed by atoms with Crippen LogP contribution in [0, 0.1) is 0 Å². The van der Waals surface area contributed by atoms with Crippen LogP contribution in [0.2, 0.25) is 0 Å². The number of phenols is 1. The van der Waals surface area contributed by atoms with Gasteiger partial charge in [0.05, 0.1) is 10.6 Å². The summed E-state index contributed by atoms with van der Waals surface area (Å²) in [6.07, 6.45) is 1.89. The fourth-order valence-electron chi connectivity index (χ4n) is 3.21. The van der Waals surface area contributed by atoms with Crippen molar-refractivity contribution in [2.45, 2.75) is 17.7 Å². The van der Waals surface area contributed by atoms with Crippen molar-refractivity contribution in [2.75, 3.05) is 4.72 Å². The van der Waals surface area contributed by atoms with E-state index in [1.807, 2.05) is 24.3 Å². The molecular formula is C18H15NO3S. The third-order valence-corrected chi connectivity index (χ3v) is 5.70. The van der Waals surface area contributed by atoms with E-state index in [-0.39, 0.29) is 16.3 Å². The van der Waals surface area contributed by atoms with Gasteiger partial charge in [-0.05, 0) is 47.6 Å². The van der Waals surface area contributed by atoms with Gasteiger partial charge >= 0.3 is 0 Å². The number of hydrogen-bond acceptors (Lipinski definition) is 3. The second kappa shape index (κ2) is 4.99. The summed E-state index contributed by atoms with van der Waals surface area (Å²) >= 11 is 0. The predicted octanol–water partition coefficient (Wildman–Crippen LogP) is 3.44. The van der Waals surface area contributed by atoms with Crippen molar-refractivity contribution >= 4 is 26.5 Å². The topological polar surface area (TPSA) is 66.4 Å². The molecule has 0 aliphatic heterocycles. The number of benzene rings is 3. The number of phenolic OH excluding ortho intramolecular Hbond substituents is 1. The summed E-state index contributed by atoms with van der Waals surface area (Å²) in [5.41, 5.74) is 2.56. The maximum Gasteiger partial charge on any atom is 0.262 e. The maximum atomic E-state index is 12.8. The Labute approximate surface area is 134 Å². The average Bonchev–Trinajstić information content (AvgIpc) is 2.95. The molecule has 0 fully saturated rings. The molecule has 4 nitrogen and oxygen atoms in total. The SMILES string of the molecule is O=S(=O)(Nc1ccccc1O)c1ccc2c3c(cccc13)CC2. The first-order valence-corrected chi connectivity index (χ1v) is 8.89. The lowest BCUT2D eigenvalue weighted by molar-refractivity contribution is 0.477. The van der Waals surface area contributed by atoms with Crippen LogP contribution >= 0.6 is 0 Å². The predicted molar refractivity (Wildman–Crippen MR) is 90.3 cm³/mol. The number of nitrogens with one attached hydrogen (secondary N) is 1. The number of sulfonamides is 1. The molecule has 2 N–H and O–H groups in total. The Bertz CT molecular complexity index is 1020. The molecule has 0 heterocycles. The summed E-state index contributed by atoms with van der Waals surface area (Å²) < 4.78 is 28.1. The Morgan fingerprint density at radius 1 is 0.870 bits per heavy atom. The minimum atomic E-state index is -3.78. The van der Waals surface area contributed by atoms with E-state index in [4.69, 9.17) is 0 Å². The van der Waals surface area contributed by atoms with Crippen molar-refractivity contribution in [3.05, 3.63) is 65.7 Å². The molecule has 5 heteroatoms. The molecule has 1 aliphatic carbocycles. The van der Waals surface area contributed by atoms with Gasteiger partial charge < -0.3 is 5.11 Å². The molecule has 1 aliphatic rings. The monoisotopic (exact) mass is 325 g/mol. The van der Waals surface area contributed by atoms with E-state index in [1.54, 1.807) is 18.2 Å². The normalized spacial score (nSPS) is 13.4. The lowest BCUT2D eigenvalue weighted by Gasteiger charge is -2.12. The second-order valence-corrected chi connectivity index (χ2v) is 7.34. The zero-order chi connectivity index (χ0) is 16.0. The van der Waals surface area contributed by atoms with E-state index < -0.39 is 10.0 Å². The average molecular weight is 325 g/mol. The highest BCUT2D eigenvalue weighted by atomic mass is 32.2. The van der Waals surface area contributed by atoms with Crippen molar-refractivity contribution in [3.8, 4) is 5.75 Å². The van der Waals surface area contributed by atoms with Gasteiger partial charge in [0, 0.05) is 5.39 Å². The Hall–Kier alpha value is -2.53. The molecule has 0 unspecified atom stereocenters. The van der Waals surface area contributed by atoms with E-state index in [0.29, 0.717) is 0 Å². The van der Waals surface area contributed by atoms with Crippen LogP contribution in [0.1, 0.15) is 11.1 Å². The van der Waals surface area contributed by atoms with Crippen molar-refractivity contribution in [2.24, 2.45) is 0 Å². The smallest absolute Gasteiger partial charge is 0.262 e. The molecule has 0 radical (unpaired) electrons. The van der Waals surface area contributed by atoms with E-state index in [1.165, 1.54) is 23.3 Å². The molecule has 3 aromatic rings. The summed E-state index contributed by atoms with van der Waals surface area (Å²) in [5.74, 6) is -0.0954. The number of para-hydroxylation sites is 2. The van der Waals surface area contributed by atoms with Crippen LogP contribution in [0.4, 0.5) is 5.69 Å². The summed E-state index contributed by atoms with van der Waals surface area (Å²) in [4.78, 5) is 0.239. The van der Waals surface area contributed by atoms with Gasteiger partial charge in [0.2, 0.25) is 0 Å². The van der Waals surface area contributed by atoms with Gasteiger partial charge in [-0.2, -0.15) is 0 Å². The van der Waals surface area contributed by atoms with Gasteiger partial charge in [-0.15, -0.1) is 0 Å². The molecule has 0 amide bonds. The zero-order valence-corrected chi connectivity index (χ0v) is 13.1. The van der Waals surface area contributed by atoms with Gasteiger partial charge in [-0.25, -0.2) is 8.42 Å². The van der Waals surface area contributed by atoms with Crippen LogP contribution in [0.3, 0.4) is 0 Å². The van der Waals surface area contributed by atoms with E-state index in [0.717, 1.165) is 23.6 Å². The molecule has 23 heavy (non-hydrogen) atoms. The Morgan fingerprint density at radius 3 is 2.39 bits per heavy atom. The van der Waals surface area contributed by atoms with Crippen LogP contribution in [-0.2, 0) is 22.9 Å². The summed E-state index contributed by atoms with van der Waals surface area (Å²) in [5, 5.41) is 11.6. The lowest BCUT2D eigenvalue weighted by atomic mass is 10.1. The molecule has 0 atom stereocenters. The number of anilines is 1. The minimum Gasteiger partial charge on any atom is -0.506 e. The fraction of sp³-hybridized carbons (Fsp3) is 0.111. The van der Waals surface area contributed by atoms with Gasteiger partial charge in [0.15, 0.2) is 0 Å². The lowest BCUT2D eigenvalue weighted by Crippen LogP contribution is -2.13. The fourth-order valence-corrected chi connectivity index (χ4v) is 4.49. The van der Waals surface area contributed by atoms with Crippen LogP contribution in [0.15, 0.2) is 59.5 Å². The summed E-state index contributed by atoms with van der Waals surface area (Å²) in [6, 6.07) is 15.6. The van der Waals surface area contributed by atoms with Crippen LogP contribution in [-0.4, -0.2) is 13.5 Å². The van der Waals surface area contributed by atoms with Crippen LogP contribution in [0.25, 0.3) is 10.8 Å². The van der Waals surface area contributed by atoms with Gasteiger partial charge in [-0.1, -0.05) is 36.4 Å². The first-order chi connectivity index (χ1) is 11.1. The summed E-state index contributed by atoms with van der Waals surface area (Å²) in [6.45, 7) is 0. The zero-order valence-electron chi connectivity index (χ0n) is 12.3. The van der Waals surface area contributed by atoms with Gasteiger partial charge in [0.25, 0.3) is 10.0 Å². The molecule has 0 saturated heterocycles. The van der Waals surface area contributed by atoms with Crippen LogP contribution < -0.4 is 4.72 Å². The second-order valence-electron chi connectivity index (χ2n) is 5.69. The summed E-state index contributed by atoms with van der Waals surface area (Å²) in [7, 11) is -3.78. The molecule has 0 spiro atoms. The molecular weight excluding hydrogens is 310 g/mol. The standard InChI is InChI=1S/C18H15NO3S/c20-16-7-2-1-6-15(16)19-23(21,22)17-11-10-13-9-8-12-4-3-5-14(17)18(12)13/h1-7,10-11,19-20H,8-9H2. The molecule has 4 rings (SSSR count). The highest BCUT2D eigenvalue weighted by molar-refractivity contribution is 7.93. The van der Waals surface area contributed by atoms with Crippen molar-refractivity contribution in [3.63, 3.8) is 0 Å². The molecule has 0 saturated carbocycles. The Kier molecular flexibility index (Phi) is 3.06. The number of aromatic hydroxyl groups is 1. The van der Waals surface area contributed by atoms with Crippen molar-refractivity contribution in [1.29, 1.82) is 0 Å². The van der Waals surface area contributed by atoms with Crippen molar-refractivity contribution in [1.82, 2.24) is 0 Å². The highest BCUT2D eigenvalue weighted by Gasteiger charge is 2.23. The van der Waals surface area contributed by atoms with Gasteiger partial charge in [0.1, 0.15) is 5.75 Å². The maximum absolute atomic E-state index is 12.8. The molecule has 116 valence electrons. The minimum absolute atomic E-state index is 0.0954. The number of rotatable bonds is 3. The van der Waals surface area contributed by atoms with E-state index >= 15 is 0 Å². The number of hydrogen-bond donors (Lipinski definition) is 2. The molecule has 3 aromatic carbocycles. The Morgan fingerprint density at radius 2 is 1.61 bits per heavy atom. The van der Waals surface area contributed by atoms with Crippen LogP contribution in [0.5, 0.6) is 5.75 Å². The quantitative estimate of drug-likeness (QED) is 0.725. The Balaban J connectivity index is 1.88.